The van der Waals surface area contributed by atoms with Gasteiger partial charge < -0.3 is 20.6 Å². The summed E-state index contributed by atoms with van der Waals surface area (Å²) in [5, 5.41) is 16.0. The molecule has 0 aromatic carbocycles. The Labute approximate surface area is 187 Å². The van der Waals surface area contributed by atoms with Crippen molar-refractivity contribution in [1.29, 1.82) is 0 Å². The van der Waals surface area contributed by atoms with Crippen molar-refractivity contribution in [1.82, 2.24) is 25.1 Å². The van der Waals surface area contributed by atoms with Crippen LogP contribution in [0.1, 0.15) is 69.2 Å². The van der Waals surface area contributed by atoms with Gasteiger partial charge in [-0.2, -0.15) is 0 Å². The third-order valence-electron chi connectivity index (χ3n) is 6.30. The number of hydrogen-bond acceptors (Lipinski definition) is 6. The molecule has 3 N–H and O–H groups in total. The number of rotatable bonds is 4. The van der Waals surface area contributed by atoms with Gasteiger partial charge in [0, 0.05) is 27.2 Å². The summed E-state index contributed by atoms with van der Waals surface area (Å²) in [7, 11) is 2.97. The minimum atomic E-state index is -1.05. The second-order valence-electron chi connectivity index (χ2n) is 10.3. The molecule has 2 aliphatic heterocycles. The Balaban J connectivity index is 2.01. The Bertz CT molecular complexity index is 984. The Kier molecular flexibility index (Phi) is 6.35. The molecular formula is C22H33N5O5. The van der Waals surface area contributed by atoms with Gasteiger partial charge in [-0.25, -0.2) is 4.98 Å². The van der Waals surface area contributed by atoms with Gasteiger partial charge in [-0.3, -0.25) is 23.7 Å². The van der Waals surface area contributed by atoms with Gasteiger partial charge in [0.1, 0.15) is 5.82 Å². The number of likely N-dealkylation sites (N-methyl/N-ethyl adjacent to an activating group) is 1. The molecule has 2 bridgehead atoms. The van der Waals surface area contributed by atoms with E-state index >= 15 is 0 Å². The Morgan fingerprint density at radius 1 is 1.22 bits per heavy atom. The minimum absolute atomic E-state index is 0.00223. The normalized spacial score (nSPS) is 22.0. The van der Waals surface area contributed by atoms with E-state index in [0.29, 0.717) is 32.4 Å². The molecule has 10 heteroatoms. The van der Waals surface area contributed by atoms with Crippen molar-refractivity contribution in [2.24, 2.45) is 11.3 Å². The molecule has 1 aromatic rings. The van der Waals surface area contributed by atoms with Crippen LogP contribution in [-0.4, -0.2) is 57.9 Å². The molecule has 1 saturated carbocycles. The number of nitrogens with one attached hydrogen (secondary N) is 2. The number of aromatic nitrogens is 2. The van der Waals surface area contributed by atoms with E-state index in [-0.39, 0.29) is 22.9 Å². The first kappa shape index (κ1) is 23.7. The first-order valence-corrected chi connectivity index (χ1v) is 11.0. The zero-order chi connectivity index (χ0) is 23.8. The van der Waals surface area contributed by atoms with Crippen molar-refractivity contribution in [2.75, 3.05) is 20.6 Å². The Morgan fingerprint density at radius 2 is 1.84 bits per heavy atom. The summed E-state index contributed by atoms with van der Waals surface area (Å²) < 4.78 is 1.35. The predicted molar refractivity (Wildman–Crippen MR) is 117 cm³/mol. The van der Waals surface area contributed by atoms with E-state index in [9.17, 15) is 24.3 Å². The molecule has 32 heavy (non-hydrogen) atoms. The largest absolute Gasteiger partial charge is 0.501 e. The molecule has 3 aliphatic rings. The Hall–Kier alpha value is -2.91. The second-order valence-corrected chi connectivity index (χ2v) is 10.3. The van der Waals surface area contributed by atoms with Gasteiger partial charge in [-0.1, -0.05) is 20.8 Å². The van der Waals surface area contributed by atoms with Crippen LogP contribution in [0.25, 0.3) is 0 Å². The van der Waals surface area contributed by atoms with E-state index in [1.165, 1.54) is 23.6 Å². The van der Waals surface area contributed by atoms with Crippen molar-refractivity contribution in [3.8, 4) is 5.75 Å². The van der Waals surface area contributed by atoms with Gasteiger partial charge in [-0.15, -0.1) is 0 Å². The number of fused-ring (bicyclic) bond motifs is 2. The van der Waals surface area contributed by atoms with Gasteiger partial charge in [0.2, 0.25) is 5.75 Å². The fourth-order valence-electron chi connectivity index (χ4n) is 4.36. The number of carbonyl (C=O) groups excluding carboxylic acids is 3. The van der Waals surface area contributed by atoms with Crippen LogP contribution in [0.3, 0.4) is 0 Å². The van der Waals surface area contributed by atoms with Crippen LogP contribution < -0.4 is 16.2 Å². The quantitative estimate of drug-likeness (QED) is 0.583. The molecule has 0 radical (unpaired) electrons. The standard InChI is InChI=1S/C22H33N5O5/c1-21(2,3)10-11-23-16(29)14-15(28)18(31)27-12-13-6-8-22(9-7-13,20(27)24-14)25-17(30)19(32)26(4)5/h13,28H,6-12H2,1-5H3,(H,23,29)(H,25,30). The molecule has 176 valence electrons. The van der Waals surface area contributed by atoms with Crippen molar-refractivity contribution in [3.05, 3.63) is 21.9 Å². The number of amides is 3. The van der Waals surface area contributed by atoms with E-state index in [1.54, 1.807) is 0 Å². The molecule has 0 atom stereocenters. The van der Waals surface area contributed by atoms with Crippen LogP contribution in [0.15, 0.2) is 4.79 Å². The SMILES string of the molecule is CN(C)C(=O)C(=O)NC12CCC(CC1)Cn1c2nc(C(=O)NCCC(C)(C)C)c(O)c1=O. The summed E-state index contributed by atoms with van der Waals surface area (Å²) in [6.07, 6.45) is 3.15. The van der Waals surface area contributed by atoms with Crippen LogP contribution in [-0.2, 0) is 21.7 Å². The average molecular weight is 448 g/mol. The highest BCUT2D eigenvalue weighted by molar-refractivity contribution is 6.35. The lowest BCUT2D eigenvalue weighted by Gasteiger charge is -2.37. The summed E-state index contributed by atoms with van der Waals surface area (Å²) in [6.45, 7) is 6.84. The summed E-state index contributed by atoms with van der Waals surface area (Å²) in [4.78, 5) is 56.2. The molecule has 3 amide bonds. The fourth-order valence-corrected chi connectivity index (χ4v) is 4.36. The van der Waals surface area contributed by atoms with E-state index in [4.69, 9.17) is 0 Å². The molecule has 0 saturated heterocycles. The summed E-state index contributed by atoms with van der Waals surface area (Å²) >= 11 is 0. The first-order chi connectivity index (χ1) is 14.8. The van der Waals surface area contributed by atoms with Crippen LogP contribution in [0.5, 0.6) is 5.75 Å². The number of nitrogens with zero attached hydrogens (tertiary/aromatic N) is 3. The van der Waals surface area contributed by atoms with Crippen molar-refractivity contribution >= 4 is 17.7 Å². The average Bonchev–Trinajstić information content (AvgIpc) is 2.95. The van der Waals surface area contributed by atoms with Gasteiger partial charge in [0.05, 0.1) is 5.54 Å². The molecule has 10 nitrogen and oxygen atoms in total. The van der Waals surface area contributed by atoms with E-state index in [2.05, 4.69) is 15.6 Å². The van der Waals surface area contributed by atoms with Crippen LogP contribution in [0.4, 0.5) is 0 Å². The maximum absolute atomic E-state index is 13.0. The van der Waals surface area contributed by atoms with Crippen LogP contribution >= 0.6 is 0 Å². The third-order valence-corrected chi connectivity index (χ3v) is 6.30. The minimum Gasteiger partial charge on any atom is -0.501 e. The number of hydrogen-bond donors (Lipinski definition) is 3. The van der Waals surface area contributed by atoms with E-state index in [1.807, 2.05) is 20.8 Å². The van der Waals surface area contributed by atoms with Gasteiger partial charge in [0.25, 0.3) is 11.5 Å². The third kappa shape index (κ3) is 4.63. The highest BCUT2D eigenvalue weighted by Gasteiger charge is 2.46. The van der Waals surface area contributed by atoms with Crippen LogP contribution in [0.2, 0.25) is 0 Å². The van der Waals surface area contributed by atoms with Crippen molar-refractivity contribution in [3.63, 3.8) is 0 Å². The highest BCUT2D eigenvalue weighted by Crippen LogP contribution is 2.42. The molecular weight excluding hydrogens is 414 g/mol. The lowest BCUT2D eigenvalue weighted by atomic mass is 9.77. The zero-order valence-corrected chi connectivity index (χ0v) is 19.4. The maximum Gasteiger partial charge on any atom is 0.311 e. The molecule has 0 unspecified atom stereocenters. The van der Waals surface area contributed by atoms with E-state index in [0.717, 1.165) is 12.8 Å². The maximum atomic E-state index is 13.0. The molecule has 4 rings (SSSR count). The van der Waals surface area contributed by atoms with Gasteiger partial charge in [-0.05, 0) is 43.4 Å². The molecule has 1 aromatic heterocycles. The first-order valence-electron chi connectivity index (χ1n) is 11.0. The molecule has 0 spiro atoms. The van der Waals surface area contributed by atoms with Gasteiger partial charge >= 0.3 is 11.8 Å². The van der Waals surface area contributed by atoms with E-state index < -0.39 is 34.6 Å². The van der Waals surface area contributed by atoms with Crippen molar-refractivity contribution in [2.45, 2.75) is 65.0 Å². The van der Waals surface area contributed by atoms with Gasteiger partial charge in [0.15, 0.2) is 5.69 Å². The fraction of sp³-hybridized carbons (Fsp3) is 0.682. The summed E-state index contributed by atoms with van der Waals surface area (Å²) in [5.41, 5.74) is -2.11. The second kappa shape index (κ2) is 8.55. The summed E-state index contributed by atoms with van der Waals surface area (Å²) in [5.74, 6) is -2.43. The Morgan fingerprint density at radius 3 is 2.41 bits per heavy atom. The predicted octanol–water partition coefficient (Wildman–Crippen LogP) is 0.718. The molecule has 1 fully saturated rings. The van der Waals surface area contributed by atoms with Crippen LogP contribution in [0, 0.1) is 11.3 Å². The highest BCUT2D eigenvalue weighted by atomic mass is 16.3. The summed E-state index contributed by atoms with van der Waals surface area (Å²) in [6, 6.07) is 0. The zero-order valence-electron chi connectivity index (χ0n) is 19.4. The lowest BCUT2D eigenvalue weighted by molar-refractivity contribution is -0.145. The monoisotopic (exact) mass is 447 g/mol. The topological polar surface area (TPSA) is 134 Å². The number of carbonyl (C=O) groups is 3. The van der Waals surface area contributed by atoms with Crippen molar-refractivity contribution < 1.29 is 19.5 Å². The molecule has 3 heterocycles. The molecule has 1 aliphatic carbocycles. The smallest absolute Gasteiger partial charge is 0.311 e. The number of aromatic hydroxyl groups is 1. The lowest BCUT2D eigenvalue weighted by Crippen LogP contribution is -2.53.